The van der Waals surface area contributed by atoms with Gasteiger partial charge in [-0.05, 0) is 32.4 Å². The molecule has 0 aromatic rings. The molecule has 7 heteroatoms. The number of aliphatic carboxylic acids is 1. The summed E-state index contributed by atoms with van der Waals surface area (Å²) in [5.41, 5.74) is 0. The van der Waals surface area contributed by atoms with E-state index in [1.807, 2.05) is 6.92 Å². The number of likely N-dealkylation sites (N-methyl/N-ethyl adjacent to an activating group) is 1. The fourth-order valence-electron chi connectivity index (χ4n) is 3.85. The van der Waals surface area contributed by atoms with Crippen LogP contribution in [0, 0.1) is 5.92 Å². The van der Waals surface area contributed by atoms with Crippen LogP contribution in [-0.2, 0) is 14.4 Å². The Morgan fingerprint density at radius 1 is 1.36 bits per heavy atom. The van der Waals surface area contributed by atoms with Gasteiger partial charge in [-0.2, -0.15) is 0 Å². The smallest absolute Gasteiger partial charge is 0.326 e. The molecule has 0 saturated carbocycles. The predicted molar refractivity (Wildman–Crippen MR) is 94.0 cm³/mol. The molecule has 142 valence electrons. The number of likely N-dealkylation sites (tertiary alicyclic amines) is 2. The highest BCUT2D eigenvalue weighted by molar-refractivity contribution is 5.91. The molecule has 2 saturated heterocycles. The summed E-state index contributed by atoms with van der Waals surface area (Å²) in [5, 5.41) is 11.9. The quantitative estimate of drug-likeness (QED) is 0.647. The summed E-state index contributed by atoms with van der Waals surface area (Å²) in [4.78, 5) is 40.1. The van der Waals surface area contributed by atoms with E-state index in [1.54, 1.807) is 4.90 Å². The average Bonchev–Trinajstić information content (AvgIpc) is 3.18. The number of hydrogen-bond donors (Lipinski definition) is 2. The van der Waals surface area contributed by atoms with Crippen molar-refractivity contribution >= 4 is 17.8 Å². The van der Waals surface area contributed by atoms with Gasteiger partial charge >= 0.3 is 5.97 Å². The van der Waals surface area contributed by atoms with Crippen molar-refractivity contribution < 1.29 is 19.5 Å². The number of carbonyl (C=O) groups is 3. The van der Waals surface area contributed by atoms with Crippen LogP contribution < -0.4 is 5.32 Å². The van der Waals surface area contributed by atoms with Crippen molar-refractivity contribution in [1.82, 2.24) is 15.1 Å². The van der Waals surface area contributed by atoms with Crippen molar-refractivity contribution in [1.29, 1.82) is 0 Å². The summed E-state index contributed by atoms with van der Waals surface area (Å²) < 4.78 is 0. The van der Waals surface area contributed by atoms with Crippen LogP contribution in [0.25, 0.3) is 0 Å². The van der Waals surface area contributed by atoms with Gasteiger partial charge < -0.3 is 15.3 Å². The van der Waals surface area contributed by atoms with Crippen molar-refractivity contribution in [3.8, 4) is 0 Å². The summed E-state index contributed by atoms with van der Waals surface area (Å²) in [5.74, 6) is -1.75. The molecule has 0 aliphatic carbocycles. The second-order valence-corrected chi connectivity index (χ2v) is 7.17. The first-order valence-electron chi connectivity index (χ1n) is 9.51. The zero-order valence-corrected chi connectivity index (χ0v) is 15.4. The molecule has 0 radical (unpaired) electrons. The first kappa shape index (κ1) is 19.7. The van der Waals surface area contributed by atoms with Crippen LogP contribution >= 0.6 is 0 Å². The number of nitrogens with zero attached hydrogens (tertiary/aromatic N) is 2. The lowest BCUT2D eigenvalue weighted by Crippen LogP contribution is -2.45. The standard InChI is InChI=1S/C18H31N3O4/c1-3-5-8-15(18(24)25)19-17(23)13-10-16(22)21(11-13)12-14-7-6-9-20(14)4-2/h13-15H,3-12H2,1-2H3,(H,19,23)(H,24,25). The summed E-state index contributed by atoms with van der Waals surface area (Å²) in [6.45, 7) is 7.24. The normalized spacial score (nSPS) is 25.4. The molecule has 3 atom stereocenters. The van der Waals surface area contributed by atoms with Gasteiger partial charge in [0.15, 0.2) is 0 Å². The molecule has 2 fully saturated rings. The van der Waals surface area contributed by atoms with Gasteiger partial charge in [-0.15, -0.1) is 0 Å². The maximum atomic E-state index is 12.4. The number of nitrogens with one attached hydrogen (secondary N) is 1. The fraction of sp³-hybridized carbons (Fsp3) is 0.833. The minimum absolute atomic E-state index is 0.00327. The lowest BCUT2D eigenvalue weighted by Gasteiger charge is -2.27. The third kappa shape index (κ3) is 5.17. The number of rotatable bonds is 9. The first-order valence-corrected chi connectivity index (χ1v) is 9.51. The van der Waals surface area contributed by atoms with Crippen LogP contribution in [0.5, 0.6) is 0 Å². The van der Waals surface area contributed by atoms with Gasteiger partial charge in [0, 0.05) is 25.6 Å². The van der Waals surface area contributed by atoms with Gasteiger partial charge in [-0.1, -0.05) is 26.7 Å². The van der Waals surface area contributed by atoms with E-state index in [-0.39, 0.29) is 18.2 Å². The molecule has 2 heterocycles. The highest BCUT2D eigenvalue weighted by atomic mass is 16.4. The summed E-state index contributed by atoms with van der Waals surface area (Å²) in [6, 6.07) is -0.478. The maximum Gasteiger partial charge on any atom is 0.326 e. The molecule has 2 aliphatic rings. The third-order valence-corrected chi connectivity index (χ3v) is 5.38. The Morgan fingerprint density at radius 2 is 2.12 bits per heavy atom. The van der Waals surface area contributed by atoms with Crippen LogP contribution in [0.1, 0.15) is 52.4 Å². The Bertz CT molecular complexity index is 497. The Hall–Kier alpha value is -1.63. The first-order chi connectivity index (χ1) is 12.0. The molecule has 0 aromatic heterocycles. The largest absolute Gasteiger partial charge is 0.480 e. The predicted octanol–water partition coefficient (Wildman–Crippen LogP) is 1.08. The van der Waals surface area contributed by atoms with E-state index in [9.17, 15) is 19.5 Å². The second-order valence-electron chi connectivity index (χ2n) is 7.17. The van der Waals surface area contributed by atoms with Crippen LogP contribution in [0.15, 0.2) is 0 Å². The highest BCUT2D eigenvalue weighted by Crippen LogP contribution is 2.23. The van der Waals surface area contributed by atoms with Crippen molar-refractivity contribution in [2.45, 2.75) is 64.5 Å². The van der Waals surface area contributed by atoms with Gasteiger partial charge in [0.25, 0.3) is 0 Å². The lowest BCUT2D eigenvalue weighted by molar-refractivity contribution is -0.142. The van der Waals surface area contributed by atoms with E-state index >= 15 is 0 Å². The van der Waals surface area contributed by atoms with E-state index in [1.165, 1.54) is 0 Å². The van der Waals surface area contributed by atoms with Crippen LogP contribution in [0.2, 0.25) is 0 Å². The number of carboxylic acid groups (broad SMARTS) is 1. The minimum atomic E-state index is -1.01. The zero-order valence-electron chi connectivity index (χ0n) is 15.4. The molecule has 0 spiro atoms. The number of carbonyl (C=O) groups excluding carboxylic acids is 2. The van der Waals surface area contributed by atoms with E-state index < -0.39 is 17.9 Å². The molecular formula is C18H31N3O4. The molecule has 25 heavy (non-hydrogen) atoms. The molecule has 2 rings (SSSR count). The van der Waals surface area contributed by atoms with E-state index in [0.717, 1.165) is 38.8 Å². The van der Waals surface area contributed by atoms with Gasteiger partial charge in [0.2, 0.25) is 11.8 Å². The van der Waals surface area contributed by atoms with Gasteiger partial charge in [0.1, 0.15) is 6.04 Å². The fourth-order valence-corrected chi connectivity index (χ4v) is 3.85. The van der Waals surface area contributed by atoms with E-state index in [2.05, 4.69) is 17.1 Å². The Balaban J connectivity index is 1.87. The number of amides is 2. The second kappa shape index (κ2) is 9.17. The molecule has 2 N–H and O–H groups in total. The maximum absolute atomic E-state index is 12.4. The Morgan fingerprint density at radius 3 is 2.76 bits per heavy atom. The minimum Gasteiger partial charge on any atom is -0.480 e. The van der Waals surface area contributed by atoms with Gasteiger partial charge in [0.05, 0.1) is 5.92 Å². The third-order valence-electron chi connectivity index (χ3n) is 5.38. The van der Waals surface area contributed by atoms with Crippen LogP contribution in [0.4, 0.5) is 0 Å². The lowest BCUT2D eigenvalue weighted by atomic mass is 10.1. The summed E-state index contributed by atoms with van der Waals surface area (Å²) >= 11 is 0. The molecule has 0 bridgehead atoms. The van der Waals surface area contributed by atoms with Crippen molar-refractivity contribution in [2.75, 3.05) is 26.2 Å². The number of carboxylic acids is 1. The monoisotopic (exact) mass is 353 g/mol. The van der Waals surface area contributed by atoms with Crippen LogP contribution in [-0.4, -0.2) is 71.0 Å². The average molecular weight is 353 g/mol. The topological polar surface area (TPSA) is 90.0 Å². The van der Waals surface area contributed by atoms with Gasteiger partial charge in [-0.25, -0.2) is 4.79 Å². The van der Waals surface area contributed by atoms with Crippen molar-refractivity contribution in [2.24, 2.45) is 5.92 Å². The zero-order chi connectivity index (χ0) is 18.4. The molecular weight excluding hydrogens is 322 g/mol. The Labute approximate surface area is 149 Å². The molecule has 2 amide bonds. The number of unbranched alkanes of at least 4 members (excludes halogenated alkanes) is 1. The van der Waals surface area contributed by atoms with Gasteiger partial charge in [-0.3, -0.25) is 14.5 Å². The highest BCUT2D eigenvalue weighted by Gasteiger charge is 2.37. The Kier molecular flexibility index (Phi) is 7.23. The SMILES string of the molecule is CCCCC(NC(=O)C1CC(=O)N(CC2CCCN2CC)C1)C(=O)O. The van der Waals surface area contributed by atoms with E-state index in [4.69, 9.17) is 0 Å². The molecule has 3 unspecified atom stereocenters. The number of hydrogen-bond acceptors (Lipinski definition) is 4. The van der Waals surface area contributed by atoms with Crippen molar-refractivity contribution in [3.63, 3.8) is 0 Å². The van der Waals surface area contributed by atoms with Crippen molar-refractivity contribution in [3.05, 3.63) is 0 Å². The summed E-state index contributed by atoms with van der Waals surface area (Å²) in [6.07, 6.45) is 4.49. The summed E-state index contributed by atoms with van der Waals surface area (Å²) in [7, 11) is 0. The molecule has 2 aliphatic heterocycles. The molecule has 0 aromatic carbocycles. The van der Waals surface area contributed by atoms with Crippen LogP contribution in [0.3, 0.4) is 0 Å². The van der Waals surface area contributed by atoms with E-state index in [0.29, 0.717) is 25.6 Å². The molecule has 7 nitrogen and oxygen atoms in total.